The van der Waals surface area contributed by atoms with Crippen LogP contribution in [0.4, 0.5) is 5.82 Å². The van der Waals surface area contributed by atoms with Crippen LogP contribution in [-0.4, -0.2) is 56.6 Å². The van der Waals surface area contributed by atoms with Crippen molar-refractivity contribution in [3.8, 4) is 0 Å². The van der Waals surface area contributed by atoms with Crippen LogP contribution in [0.1, 0.15) is 74.7 Å². The molecule has 1 aliphatic heterocycles. The van der Waals surface area contributed by atoms with Crippen molar-refractivity contribution in [3.63, 3.8) is 0 Å². The van der Waals surface area contributed by atoms with Gasteiger partial charge in [0.25, 0.3) is 5.91 Å². The number of aromatic nitrogens is 4. The monoisotopic (exact) mass is 481 g/mol. The highest BCUT2D eigenvalue weighted by atomic mass is 16.5. The number of carbonyl (C=O) groups excluding carboxylic acids is 1. The lowest BCUT2D eigenvalue weighted by Crippen LogP contribution is -2.52. The summed E-state index contributed by atoms with van der Waals surface area (Å²) in [5.41, 5.74) is 0.192. The first-order valence-corrected chi connectivity index (χ1v) is 12.1. The predicted molar refractivity (Wildman–Crippen MR) is 131 cm³/mol. The van der Waals surface area contributed by atoms with E-state index in [0.717, 1.165) is 18.7 Å². The van der Waals surface area contributed by atoms with Gasteiger partial charge < -0.3 is 24.5 Å². The van der Waals surface area contributed by atoms with Crippen LogP contribution in [0, 0.1) is 5.92 Å². The highest BCUT2D eigenvalue weighted by Crippen LogP contribution is 2.28. The number of anilines is 1. The Bertz CT molecular complexity index is 1090. The maximum absolute atomic E-state index is 14.0. The second kappa shape index (κ2) is 10.6. The van der Waals surface area contributed by atoms with E-state index in [1.807, 2.05) is 17.0 Å². The molecule has 3 aromatic heterocycles. The maximum atomic E-state index is 14.0. The zero-order chi connectivity index (χ0) is 25.0. The van der Waals surface area contributed by atoms with Gasteiger partial charge in [0.2, 0.25) is 6.39 Å². The van der Waals surface area contributed by atoms with E-state index in [4.69, 9.17) is 13.9 Å². The molecule has 1 fully saturated rings. The molecular formula is C25H35N7O3. The third-order valence-electron chi connectivity index (χ3n) is 6.03. The minimum atomic E-state index is -0.259. The molecule has 2 N–H and O–H groups in total. The second-order valence-corrected chi connectivity index (χ2v) is 10.5. The van der Waals surface area contributed by atoms with E-state index in [9.17, 15) is 4.79 Å². The Kier molecular flexibility index (Phi) is 7.49. The third kappa shape index (κ3) is 6.05. The summed E-state index contributed by atoms with van der Waals surface area (Å²) in [5, 5.41) is 10.8. The maximum Gasteiger partial charge on any atom is 0.259 e. The molecule has 10 heteroatoms. The van der Waals surface area contributed by atoms with E-state index in [0.29, 0.717) is 48.6 Å². The molecule has 10 nitrogen and oxygen atoms in total. The van der Waals surface area contributed by atoms with Crippen molar-refractivity contribution in [2.24, 2.45) is 5.92 Å². The van der Waals surface area contributed by atoms with Gasteiger partial charge in [-0.1, -0.05) is 39.8 Å². The molecule has 0 bridgehead atoms. The van der Waals surface area contributed by atoms with E-state index in [1.165, 1.54) is 6.39 Å². The molecule has 2 atom stereocenters. The number of hydrogen-bond acceptors (Lipinski definition) is 9. The highest BCUT2D eigenvalue weighted by Gasteiger charge is 2.34. The quantitative estimate of drug-likeness (QED) is 0.497. The van der Waals surface area contributed by atoms with E-state index >= 15 is 0 Å². The molecule has 3 aromatic rings. The van der Waals surface area contributed by atoms with Crippen molar-refractivity contribution >= 4 is 11.7 Å². The van der Waals surface area contributed by atoms with Gasteiger partial charge in [-0.2, -0.15) is 4.98 Å². The van der Waals surface area contributed by atoms with Crippen LogP contribution >= 0.6 is 0 Å². The fraction of sp³-hybridized carbons (Fsp3) is 0.560. The van der Waals surface area contributed by atoms with E-state index in [1.54, 1.807) is 12.5 Å². The number of carbonyl (C=O) groups is 1. The Labute approximate surface area is 205 Å². The van der Waals surface area contributed by atoms with Crippen LogP contribution in [0.2, 0.25) is 0 Å². The average molecular weight is 482 g/mol. The molecule has 4 rings (SSSR count). The Hall–Kier alpha value is -3.27. The fourth-order valence-corrected chi connectivity index (χ4v) is 4.28. The first-order chi connectivity index (χ1) is 16.7. The summed E-state index contributed by atoms with van der Waals surface area (Å²) in [6.07, 6.45) is 5.38. The summed E-state index contributed by atoms with van der Waals surface area (Å²) in [6.45, 7) is 12.9. The van der Waals surface area contributed by atoms with Crippen molar-refractivity contribution in [2.45, 2.75) is 65.0 Å². The van der Waals surface area contributed by atoms with Crippen LogP contribution in [0.15, 0.2) is 39.9 Å². The summed E-state index contributed by atoms with van der Waals surface area (Å²) in [5.74, 6) is 2.88. The molecule has 0 radical (unpaired) electrons. The van der Waals surface area contributed by atoms with Crippen molar-refractivity contribution in [1.82, 2.24) is 30.3 Å². The topological polar surface area (TPSA) is 122 Å². The summed E-state index contributed by atoms with van der Waals surface area (Å²) < 4.78 is 10.4. The van der Waals surface area contributed by atoms with Gasteiger partial charge in [0, 0.05) is 43.2 Å². The van der Waals surface area contributed by atoms with Crippen LogP contribution < -0.4 is 10.6 Å². The molecule has 0 aliphatic carbocycles. The van der Waals surface area contributed by atoms with Crippen molar-refractivity contribution < 1.29 is 13.7 Å². The number of piperidine rings is 1. The van der Waals surface area contributed by atoms with Gasteiger partial charge in [0.15, 0.2) is 5.82 Å². The molecule has 0 aromatic carbocycles. The number of nitrogens with one attached hydrogen (secondary N) is 2. The highest BCUT2D eigenvalue weighted by molar-refractivity contribution is 5.98. The van der Waals surface area contributed by atoms with Gasteiger partial charge in [-0.15, -0.1) is 0 Å². The zero-order valence-electron chi connectivity index (χ0n) is 21.1. The number of nitrogens with zero attached hydrogens (tertiary/aromatic N) is 5. The summed E-state index contributed by atoms with van der Waals surface area (Å²) in [6, 6.07) is 3.70. The molecular weight excluding hydrogens is 446 g/mol. The predicted octanol–water partition coefficient (Wildman–Crippen LogP) is 3.61. The minimum absolute atomic E-state index is 0.0256. The lowest BCUT2D eigenvalue weighted by molar-refractivity contribution is 0.0607. The van der Waals surface area contributed by atoms with E-state index in [-0.39, 0.29) is 23.3 Å². The van der Waals surface area contributed by atoms with Gasteiger partial charge in [0.1, 0.15) is 23.0 Å². The second-order valence-electron chi connectivity index (χ2n) is 10.5. The fourth-order valence-electron chi connectivity index (χ4n) is 4.28. The number of amides is 1. The lowest BCUT2D eigenvalue weighted by Gasteiger charge is -2.38. The van der Waals surface area contributed by atoms with Gasteiger partial charge in [-0.05, 0) is 24.5 Å². The van der Waals surface area contributed by atoms with E-state index in [2.05, 4.69) is 60.4 Å². The van der Waals surface area contributed by atoms with Crippen molar-refractivity contribution in [3.05, 3.63) is 54.0 Å². The largest absolute Gasteiger partial charge is 0.467 e. The molecule has 35 heavy (non-hydrogen) atoms. The smallest absolute Gasteiger partial charge is 0.259 e. The van der Waals surface area contributed by atoms with Crippen LogP contribution in [0.3, 0.4) is 0 Å². The van der Waals surface area contributed by atoms with Crippen molar-refractivity contribution in [1.29, 1.82) is 0 Å². The third-order valence-corrected chi connectivity index (χ3v) is 6.03. The Morgan fingerprint density at radius 1 is 1.29 bits per heavy atom. The molecule has 4 heterocycles. The summed E-state index contributed by atoms with van der Waals surface area (Å²) >= 11 is 0. The van der Waals surface area contributed by atoms with Crippen molar-refractivity contribution in [2.75, 3.05) is 25.0 Å². The van der Waals surface area contributed by atoms with Crippen LogP contribution in [0.25, 0.3) is 0 Å². The van der Waals surface area contributed by atoms with Gasteiger partial charge in [-0.25, -0.2) is 9.97 Å². The first kappa shape index (κ1) is 24.8. The van der Waals surface area contributed by atoms with Gasteiger partial charge >= 0.3 is 0 Å². The van der Waals surface area contributed by atoms with Crippen LogP contribution in [-0.2, 0) is 12.0 Å². The number of furan rings is 1. The first-order valence-electron chi connectivity index (χ1n) is 12.1. The summed E-state index contributed by atoms with van der Waals surface area (Å²) in [7, 11) is 0. The number of rotatable bonds is 8. The Morgan fingerprint density at radius 3 is 2.77 bits per heavy atom. The molecule has 0 spiro atoms. The van der Waals surface area contributed by atoms with E-state index < -0.39 is 0 Å². The molecule has 0 saturated carbocycles. The Balaban J connectivity index is 1.63. The molecule has 1 aliphatic rings. The lowest BCUT2D eigenvalue weighted by atomic mass is 9.93. The van der Waals surface area contributed by atoms with Gasteiger partial charge in [-0.3, -0.25) is 4.79 Å². The number of hydrogen-bond donors (Lipinski definition) is 2. The molecule has 2 unspecified atom stereocenters. The molecule has 1 saturated heterocycles. The normalized spacial score (nSPS) is 18.6. The van der Waals surface area contributed by atoms with Gasteiger partial charge in [0.05, 0.1) is 12.8 Å². The molecule has 1 amide bonds. The SMILES string of the molecule is CC(C)CN(C(=O)c1cnc(C(C)(C)C)nc1NCc1ccco1)C1CNCC(c2ncon2)C1. The minimum Gasteiger partial charge on any atom is -0.467 e. The standard InChI is InChI=1S/C25H35N7O3/c1-16(2)14-32(18-9-17(10-26-11-18)21-29-15-35-31-21)23(33)20-13-28-24(25(3,4)5)30-22(20)27-12-19-7-6-8-34-19/h6-8,13,15-18,26H,9-12,14H2,1-5H3,(H,27,28,30). The zero-order valence-corrected chi connectivity index (χ0v) is 21.1. The molecule has 188 valence electrons. The Morgan fingerprint density at radius 2 is 2.11 bits per heavy atom. The average Bonchev–Trinajstić information content (AvgIpc) is 3.54. The summed E-state index contributed by atoms with van der Waals surface area (Å²) in [4.78, 5) is 29.5. The van der Waals surface area contributed by atoms with Crippen LogP contribution in [0.5, 0.6) is 0 Å².